The topological polar surface area (TPSA) is 158 Å². The van der Waals surface area contributed by atoms with E-state index in [0.29, 0.717) is 33.6 Å². The number of imide groups is 1. The fourth-order valence-electron chi connectivity index (χ4n) is 11.2. The van der Waals surface area contributed by atoms with Gasteiger partial charge in [0.15, 0.2) is 0 Å². The van der Waals surface area contributed by atoms with Gasteiger partial charge >= 0.3 is 12.0 Å². The van der Waals surface area contributed by atoms with E-state index >= 15 is 19.2 Å². The molecule has 2 fully saturated rings. The molecule has 3 aliphatic heterocycles. The van der Waals surface area contributed by atoms with Crippen LogP contribution in [-0.2, 0) is 24.5 Å². The number of nitrogens with zero attached hydrogens (tertiary/aromatic N) is 2. The molecule has 12 nitrogen and oxygen atoms in total. The van der Waals surface area contributed by atoms with Crippen LogP contribution in [0.5, 0.6) is 5.75 Å². The standard InChI is InChI=1S/C60H56N4O8/c1-39(42-20-9-3-10-21-42)62-59(70)63-49-33-32-41(31-30-40-18-7-2-8-19-40)36-48(49)60(58(63)69)51(56(67)61-38-50(66)43-22-11-4-12-23-43)53-57(68)72-54(45-26-15-6-16-27-45)52(44-24-13-5-14-25-44)64(53)55(60)46-28-17-29-47(37-46)71-35-34-65/h3-6,9-18,20-29,32-33,36-37,39,50-55,65-66H,2,7-8,19,34-35,38H2,1H3,(H,61,67)(H,62,70). The van der Waals surface area contributed by atoms with Gasteiger partial charge in [-0.15, -0.1) is 0 Å². The summed E-state index contributed by atoms with van der Waals surface area (Å²) in [5, 5.41) is 27.5. The number of ether oxygens (including phenoxy) is 2. The minimum absolute atomic E-state index is 0.0246. The predicted octanol–water partition coefficient (Wildman–Crippen LogP) is 8.90. The first-order valence-corrected chi connectivity index (χ1v) is 24.7. The van der Waals surface area contributed by atoms with Crippen molar-refractivity contribution in [3.05, 3.63) is 214 Å². The Morgan fingerprint density at radius 3 is 2.12 bits per heavy atom. The molecule has 1 spiro atoms. The lowest BCUT2D eigenvalue weighted by molar-refractivity contribution is -0.178. The molecule has 6 aromatic rings. The maximum Gasteiger partial charge on any atom is 0.329 e. The Kier molecular flexibility index (Phi) is 13.9. The Bertz CT molecular complexity index is 3050. The number of urea groups is 1. The first-order valence-electron chi connectivity index (χ1n) is 24.7. The summed E-state index contributed by atoms with van der Waals surface area (Å²) in [6.07, 6.45) is 3.93. The zero-order valence-electron chi connectivity index (χ0n) is 39.9. The molecular formula is C60H56N4O8. The van der Waals surface area contributed by atoms with Crippen molar-refractivity contribution in [3.8, 4) is 17.6 Å². The third-order valence-electron chi connectivity index (χ3n) is 14.4. The number of aliphatic hydroxyl groups excluding tert-OH is 2. The highest BCUT2D eigenvalue weighted by atomic mass is 16.6. The van der Waals surface area contributed by atoms with E-state index < -0.39 is 71.5 Å². The summed E-state index contributed by atoms with van der Waals surface area (Å²) < 4.78 is 12.7. The number of morpholine rings is 1. The van der Waals surface area contributed by atoms with Crippen molar-refractivity contribution in [2.24, 2.45) is 5.92 Å². The summed E-state index contributed by atoms with van der Waals surface area (Å²) in [7, 11) is 0. The smallest absolute Gasteiger partial charge is 0.329 e. The molecule has 8 unspecified atom stereocenters. The summed E-state index contributed by atoms with van der Waals surface area (Å²) >= 11 is 0. The van der Waals surface area contributed by atoms with Gasteiger partial charge in [-0.05, 0) is 102 Å². The highest BCUT2D eigenvalue weighted by Crippen LogP contribution is 2.66. The SMILES string of the molecule is CC(NC(=O)N1C(=O)C2(c3cc(C#CC4=CCCCC4)ccc31)C(C(=O)NCC(O)c1ccccc1)C1C(=O)OC(c3ccccc3)C(c3ccccc3)N1C2c1cccc(OCCO)c1)c1ccccc1. The largest absolute Gasteiger partial charge is 0.491 e. The third-order valence-corrected chi connectivity index (χ3v) is 14.4. The van der Waals surface area contributed by atoms with Gasteiger partial charge in [0.1, 0.15) is 29.9 Å². The Morgan fingerprint density at radius 1 is 0.778 bits per heavy atom. The first-order chi connectivity index (χ1) is 35.2. The first kappa shape index (κ1) is 47.8. The number of allylic oxidation sites excluding steroid dienone is 2. The molecule has 0 saturated carbocycles. The van der Waals surface area contributed by atoms with Crippen LogP contribution < -0.4 is 20.3 Å². The Morgan fingerprint density at radius 2 is 1.44 bits per heavy atom. The molecule has 12 heteroatoms. The lowest BCUT2D eigenvalue weighted by Crippen LogP contribution is -2.56. The van der Waals surface area contributed by atoms with Crippen molar-refractivity contribution in [3.63, 3.8) is 0 Å². The van der Waals surface area contributed by atoms with Gasteiger partial charge in [0.25, 0.3) is 0 Å². The van der Waals surface area contributed by atoms with Gasteiger partial charge in [0, 0.05) is 12.1 Å². The lowest BCUT2D eigenvalue weighted by Gasteiger charge is -2.46. The fourth-order valence-corrected chi connectivity index (χ4v) is 11.2. The van der Waals surface area contributed by atoms with Crippen LogP contribution >= 0.6 is 0 Å². The zero-order valence-corrected chi connectivity index (χ0v) is 39.9. The molecular weight excluding hydrogens is 905 g/mol. The second-order valence-corrected chi connectivity index (χ2v) is 18.8. The molecule has 8 atom stereocenters. The number of anilines is 1. The number of hydrogen-bond donors (Lipinski definition) is 4. The van der Waals surface area contributed by atoms with Gasteiger partial charge in [-0.25, -0.2) is 9.69 Å². The molecule has 3 heterocycles. The molecule has 4 aliphatic rings. The Hall–Kier alpha value is -7.82. The second-order valence-electron chi connectivity index (χ2n) is 18.8. The van der Waals surface area contributed by atoms with E-state index in [9.17, 15) is 10.2 Å². The number of amides is 4. The predicted molar refractivity (Wildman–Crippen MR) is 272 cm³/mol. The average Bonchev–Trinajstić information content (AvgIpc) is 3.89. The van der Waals surface area contributed by atoms with E-state index in [2.05, 4.69) is 28.6 Å². The summed E-state index contributed by atoms with van der Waals surface area (Å²) in [4.78, 5) is 66.5. The lowest BCUT2D eigenvalue weighted by atomic mass is 9.65. The van der Waals surface area contributed by atoms with Gasteiger partial charge in [-0.3, -0.25) is 19.3 Å². The molecule has 4 N–H and O–H groups in total. The third kappa shape index (κ3) is 8.96. The number of carbonyl (C=O) groups excluding carboxylic acids is 4. The summed E-state index contributed by atoms with van der Waals surface area (Å²) in [5.74, 6) is 3.32. The maximum absolute atomic E-state index is 16.8. The highest BCUT2D eigenvalue weighted by molar-refractivity contribution is 6.24. The molecule has 1 aliphatic carbocycles. The molecule has 72 heavy (non-hydrogen) atoms. The molecule has 10 rings (SSSR count). The van der Waals surface area contributed by atoms with E-state index in [1.165, 1.54) is 0 Å². The van der Waals surface area contributed by atoms with Gasteiger partial charge < -0.3 is 30.3 Å². The summed E-state index contributed by atoms with van der Waals surface area (Å²) in [6.45, 7) is 1.28. The monoisotopic (exact) mass is 960 g/mol. The molecule has 2 saturated heterocycles. The van der Waals surface area contributed by atoms with Crippen molar-refractivity contribution in [1.29, 1.82) is 0 Å². The highest BCUT2D eigenvalue weighted by Gasteiger charge is 2.75. The number of fused-ring (bicyclic) bond motifs is 3. The van der Waals surface area contributed by atoms with E-state index in [1.807, 2.05) is 115 Å². The molecule has 364 valence electrons. The van der Waals surface area contributed by atoms with E-state index in [1.54, 1.807) is 60.7 Å². The van der Waals surface area contributed by atoms with Crippen molar-refractivity contribution in [2.45, 2.75) is 74.4 Å². The molecule has 0 aromatic heterocycles. The summed E-state index contributed by atoms with van der Waals surface area (Å²) in [5.41, 5.74) is 3.32. The van der Waals surface area contributed by atoms with Crippen LogP contribution in [0.4, 0.5) is 10.5 Å². The van der Waals surface area contributed by atoms with Crippen LogP contribution in [0, 0.1) is 17.8 Å². The van der Waals surface area contributed by atoms with Crippen LogP contribution in [0.2, 0.25) is 0 Å². The van der Waals surface area contributed by atoms with E-state index in [0.717, 1.165) is 47.3 Å². The Labute approximate surface area is 419 Å². The van der Waals surface area contributed by atoms with Crippen molar-refractivity contribution >= 4 is 29.5 Å². The fraction of sp³-hybridized carbons (Fsp3) is 0.267. The number of esters is 1. The van der Waals surface area contributed by atoms with Crippen LogP contribution in [0.1, 0.15) is 102 Å². The van der Waals surface area contributed by atoms with Crippen LogP contribution in [-0.4, -0.2) is 64.7 Å². The Balaban J connectivity index is 1.24. The van der Waals surface area contributed by atoms with Crippen molar-refractivity contribution in [1.82, 2.24) is 15.5 Å². The number of cyclic esters (lactones) is 1. The van der Waals surface area contributed by atoms with Crippen molar-refractivity contribution in [2.75, 3.05) is 24.7 Å². The van der Waals surface area contributed by atoms with Gasteiger partial charge in [-0.2, -0.15) is 0 Å². The van der Waals surface area contributed by atoms with Crippen LogP contribution in [0.25, 0.3) is 0 Å². The number of hydrogen-bond acceptors (Lipinski definition) is 9. The van der Waals surface area contributed by atoms with Crippen LogP contribution in [0.3, 0.4) is 0 Å². The average molecular weight is 961 g/mol. The minimum atomic E-state index is -2.07. The number of nitrogens with one attached hydrogen (secondary N) is 2. The van der Waals surface area contributed by atoms with E-state index in [-0.39, 0.29) is 25.4 Å². The number of benzene rings is 6. The number of carbonyl (C=O) groups is 4. The van der Waals surface area contributed by atoms with Gasteiger partial charge in [0.2, 0.25) is 11.8 Å². The summed E-state index contributed by atoms with van der Waals surface area (Å²) in [6, 6.07) is 44.9. The second kappa shape index (κ2) is 20.9. The minimum Gasteiger partial charge on any atom is -0.491 e. The molecule has 4 amide bonds. The maximum atomic E-state index is 16.8. The normalized spacial score (nSPS) is 23.1. The van der Waals surface area contributed by atoms with E-state index in [4.69, 9.17) is 9.47 Å². The van der Waals surface area contributed by atoms with Gasteiger partial charge in [-0.1, -0.05) is 151 Å². The van der Waals surface area contributed by atoms with Crippen molar-refractivity contribution < 1.29 is 38.9 Å². The zero-order chi connectivity index (χ0) is 49.8. The molecule has 0 radical (unpaired) electrons. The quantitative estimate of drug-likeness (QED) is 0.0695. The van der Waals surface area contributed by atoms with Gasteiger partial charge in [0.05, 0.1) is 42.4 Å². The number of rotatable bonds is 12. The molecule has 6 aromatic carbocycles. The molecule has 0 bridgehead atoms. The number of aliphatic hydroxyl groups is 2. The van der Waals surface area contributed by atoms with Crippen LogP contribution in [0.15, 0.2) is 175 Å².